The van der Waals surface area contributed by atoms with Gasteiger partial charge in [0.1, 0.15) is 16.5 Å². The highest BCUT2D eigenvalue weighted by Crippen LogP contribution is 2.18. The van der Waals surface area contributed by atoms with Crippen LogP contribution in [-0.2, 0) is 6.54 Å². The zero-order valence-electron chi connectivity index (χ0n) is 9.73. The van der Waals surface area contributed by atoms with Crippen molar-refractivity contribution in [2.75, 3.05) is 5.32 Å². The number of hydrogen-bond acceptors (Lipinski definition) is 3. The molecule has 19 heavy (non-hydrogen) atoms. The number of anilines is 1. The van der Waals surface area contributed by atoms with Crippen LogP contribution in [0.4, 0.5) is 5.82 Å². The Balaban J connectivity index is 2.19. The maximum Gasteiger partial charge on any atom is 0.339 e. The molecule has 1 aromatic carbocycles. The molecule has 0 radical (unpaired) electrons. The summed E-state index contributed by atoms with van der Waals surface area (Å²) in [4.78, 5) is 15.1. The van der Waals surface area contributed by atoms with Gasteiger partial charge in [0.25, 0.3) is 0 Å². The number of benzene rings is 1. The van der Waals surface area contributed by atoms with E-state index in [9.17, 15) is 4.79 Å². The molecule has 1 heterocycles. The Morgan fingerprint density at radius 2 is 2.16 bits per heavy atom. The summed E-state index contributed by atoms with van der Waals surface area (Å²) in [7, 11) is 0. The summed E-state index contributed by atoms with van der Waals surface area (Å²) >= 11 is 9.16. The summed E-state index contributed by atoms with van der Waals surface area (Å²) in [6.07, 6.45) is 0. The van der Waals surface area contributed by atoms with Gasteiger partial charge in [-0.3, -0.25) is 0 Å². The summed E-state index contributed by atoms with van der Waals surface area (Å²) < 4.78 is 0.962. The van der Waals surface area contributed by atoms with Crippen LogP contribution in [0.2, 0.25) is 5.15 Å². The number of rotatable bonds is 4. The second-order valence-electron chi connectivity index (χ2n) is 3.82. The fraction of sp³-hybridized carbons (Fsp3) is 0.0769. The van der Waals surface area contributed by atoms with E-state index in [1.807, 2.05) is 24.3 Å². The van der Waals surface area contributed by atoms with Gasteiger partial charge in [-0.1, -0.05) is 39.7 Å². The number of carbonyl (C=O) groups is 1. The number of halogens is 2. The molecule has 2 rings (SSSR count). The molecule has 0 aliphatic heterocycles. The number of carboxylic acids is 1. The lowest BCUT2D eigenvalue weighted by Crippen LogP contribution is -2.08. The zero-order valence-corrected chi connectivity index (χ0v) is 12.1. The van der Waals surface area contributed by atoms with Gasteiger partial charge in [-0.05, 0) is 29.8 Å². The van der Waals surface area contributed by atoms with E-state index >= 15 is 0 Å². The minimum absolute atomic E-state index is 0.0967. The van der Waals surface area contributed by atoms with Gasteiger partial charge >= 0.3 is 5.97 Å². The number of carboxylic acid groups (broad SMARTS) is 1. The molecule has 0 bridgehead atoms. The number of hydrogen-bond donors (Lipinski definition) is 2. The number of aromatic carboxylic acids is 1. The molecule has 2 N–H and O–H groups in total. The first kappa shape index (κ1) is 13.8. The van der Waals surface area contributed by atoms with Gasteiger partial charge in [-0.15, -0.1) is 0 Å². The van der Waals surface area contributed by atoms with Gasteiger partial charge in [0.2, 0.25) is 0 Å². The first-order valence-corrected chi connectivity index (χ1v) is 6.61. The molecule has 6 heteroatoms. The summed E-state index contributed by atoms with van der Waals surface area (Å²) in [5, 5.41) is 12.3. The van der Waals surface area contributed by atoms with Crippen molar-refractivity contribution in [3.8, 4) is 0 Å². The summed E-state index contributed by atoms with van der Waals surface area (Å²) in [5.41, 5.74) is 1.10. The van der Waals surface area contributed by atoms with Crippen molar-refractivity contribution in [2.24, 2.45) is 0 Å². The first-order chi connectivity index (χ1) is 9.06. The Bertz CT molecular complexity index is 619. The number of nitrogens with one attached hydrogen (secondary N) is 1. The first-order valence-electron chi connectivity index (χ1n) is 5.44. The SMILES string of the molecule is O=C(O)c1ccc(Cl)nc1NCc1cccc(Br)c1. The summed E-state index contributed by atoms with van der Waals surface area (Å²) in [5.74, 6) is -0.777. The smallest absolute Gasteiger partial charge is 0.339 e. The van der Waals surface area contributed by atoms with Crippen LogP contribution in [0.1, 0.15) is 15.9 Å². The lowest BCUT2D eigenvalue weighted by Gasteiger charge is -2.09. The third-order valence-corrected chi connectivity index (χ3v) is 3.14. The molecular formula is C13H10BrClN2O2. The average molecular weight is 342 g/mol. The van der Waals surface area contributed by atoms with Crippen LogP contribution in [0, 0.1) is 0 Å². The topological polar surface area (TPSA) is 62.2 Å². The van der Waals surface area contributed by atoms with E-state index in [1.165, 1.54) is 12.1 Å². The van der Waals surface area contributed by atoms with Gasteiger partial charge < -0.3 is 10.4 Å². The van der Waals surface area contributed by atoms with Crippen LogP contribution in [0.5, 0.6) is 0 Å². The van der Waals surface area contributed by atoms with E-state index in [-0.39, 0.29) is 16.5 Å². The van der Waals surface area contributed by atoms with Crippen molar-refractivity contribution >= 4 is 39.3 Å². The molecular weight excluding hydrogens is 332 g/mol. The third kappa shape index (κ3) is 3.68. The van der Waals surface area contributed by atoms with Gasteiger partial charge in [0, 0.05) is 11.0 Å². The molecule has 0 saturated heterocycles. The molecule has 1 aromatic heterocycles. The molecule has 0 atom stereocenters. The maximum atomic E-state index is 11.1. The van der Waals surface area contributed by atoms with E-state index in [0.29, 0.717) is 6.54 Å². The van der Waals surface area contributed by atoms with Crippen molar-refractivity contribution in [2.45, 2.75) is 6.54 Å². The average Bonchev–Trinajstić information content (AvgIpc) is 2.36. The van der Waals surface area contributed by atoms with Gasteiger partial charge in [-0.25, -0.2) is 9.78 Å². The Morgan fingerprint density at radius 3 is 2.84 bits per heavy atom. The molecule has 0 fully saturated rings. The predicted octanol–water partition coefficient (Wildman–Crippen LogP) is 3.81. The van der Waals surface area contributed by atoms with Crippen molar-refractivity contribution in [3.05, 3.63) is 57.2 Å². The van der Waals surface area contributed by atoms with Crippen LogP contribution in [-0.4, -0.2) is 16.1 Å². The van der Waals surface area contributed by atoms with Crippen LogP contribution >= 0.6 is 27.5 Å². The molecule has 0 unspecified atom stereocenters. The second kappa shape index (κ2) is 6.04. The van der Waals surface area contributed by atoms with Crippen LogP contribution in [0.3, 0.4) is 0 Å². The Kier molecular flexibility index (Phi) is 4.39. The van der Waals surface area contributed by atoms with Crippen LogP contribution < -0.4 is 5.32 Å². The van der Waals surface area contributed by atoms with E-state index in [4.69, 9.17) is 16.7 Å². The summed E-state index contributed by atoms with van der Waals surface area (Å²) in [6, 6.07) is 10.6. The van der Waals surface area contributed by atoms with E-state index in [2.05, 4.69) is 26.2 Å². The van der Waals surface area contributed by atoms with Gasteiger partial charge in [0.15, 0.2) is 0 Å². The highest BCUT2D eigenvalue weighted by Gasteiger charge is 2.11. The highest BCUT2D eigenvalue weighted by molar-refractivity contribution is 9.10. The van der Waals surface area contributed by atoms with Crippen LogP contribution in [0.15, 0.2) is 40.9 Å². The fourth-order valence-electron chi connectivity index (χ4n) is 1.58. The Morgan fingerprint density at radius 1 is 1.37 bits per heavy atom. The fourth-order valence-corrected chi connectivity index (χ4v) is 2.17. The van der Waals surface area contributed by atoms with E-state index in [0.717, 1.165) is 10.0 Å². The Labute approximate surface area is 123 Å². The zero-order chi connectivity index (χ0) is 13.8. The second-order valence-corrected chi connectivity index (χ2v) is 5.12. The molecule has 0 aliphatic rings. The lowest BCUT2D eigenvalue weighted by atomic mass is 10.2. The molecule has 2 aromatic rings. The molecule has 4 nitrogen and oxygen atoms in total. The van der Waals surface area contributed by atoms with Crippen molar-refractivity contribution in [1.82, 2.24) is 4.98 Å². The number of nitrogens with zero attached hydrogens (tertiary/aromatic N) is 1. The standard InChI is InChI=1S/C13H10BrClN2O2/c14-9-3-1-2-8(6-9)7-16-12-10(13(18)19)4-5-11(15)17-12/h1-6H,7H2,(H,16,17)(H,18,19). The largest absolute Gasteiger partial charge is 0.478 e. The predicted molar refractivity (Wildman–Crippen MR) is 77.7 cm³/mol. The minimum Gasteiger partial charge on any atom is -0.478 e. The maximum absolute atomic E-state index is 11.1. The monoisotopic (exact) mass is 340 g/mol. The highest BCUT2D eigenvalue weighted by atomic mass is 79.9. The van der Waals surface area contributed by atoms with E-state index < -0.39 is 5.97 Å². The van der Waals surface area contributed by atoms with E-state index in [1.54, 1.807) is 0 Å². The van der Waals surface area contributed by atoms with Gasteiger partial charge in [-0.2, -0.15) is 0 Å². The Hall–Kier alpha value is -1.59. The minimum atomic E-state index is -1.04. The van der Waals surface area contributed by atoms with Gasteiger partial charge in [0.05, 0.1) is 0 Å². The lowest BCUT2D eigenvalue weighted by molar-refractivity contribution is 0.0697. The molecule has 0 spiro atoms. The molecule has 98 valence electrons. The molecule has 0 aliphatic carbocycles. The third-order valence-electron chi connectivity index (χ3n) is 2.44. The van der Waals surface area contributed by atoms with Crippen LogP contribution in [0.25, 0.3) is 0 Å². The number of pyridine rings is 1. The number of aromatic nitrogens is 1. The summed E-state index contributed by atoms with van der Waals surface area (Å²) in [6.45, 7) is 0.465. The normalized spacial score (nSPS) is 10.2. The van der Waals surface area contributed by atoms with Crippen molar-refractivity contribution in [3.63, 3.8) is 0 Å². The molecule has 0 amide bonds. The van der Waals surface area contributed by atoms with Crippen molar-refractivity contribution in [1.29, 1.82) is 0 Å². The molecule has 0 saturated carbocycles. The quantitative estimate of drug-likeness (QED) is 0.830. The van der Waals surface area contributed by atoms with Crippen molar-refractivity contribution < 1.29 is 9.90 Å².